The van der Waals surface area contributed by atoms with Gasteiger partial charge in [0.2, 0.25) is 0 Å². The van der Waals surface area contributed by atoms with E-state index in [1.54, 1.807) is 0 Å². The molecule has 23 heavy (non-hydrogen) atoms. The molecule has 1 N–H and O–H groups in total. The predicted octanol–water partition coefficient (Wildman–Crippen LogP) is 3.01. The van der Waals surface area contributed by atoms with Crippen LogP contribution in [0.2, 0.25) is 0 Å². The molecule has 0 unspecified atom stereocenters. The molecule has 1 aromatic rings. The first-order valence-electron chi connectivity index (χ1n) is 8.72. The van der Waals surface area contributed by atoms with E-state index < -0.39 is 0 Å². The van der Waals surface area contributed by atoms with Gasteiger partial charge in [0.05, 0.1) is 5.69 Å². The average molecular weight is 315 g/mol. The summed E-state index contributed by atoms with van der Waals surface area (Å²) in [6, 6.07) is 2.34. The van der Waals surface area contributed by atoms with Crippen LogP contribution in [-0.4, -0.2) is 42.3 Å². The van der Waals surface area contributed by atoms with Crippen LogP contribution in [0.3, 0.4) is 0 Å². The number of nitrogens with zero attached hydrogens (tertiary/aromatic N) is 4. The van der Waals surface area contributed by atoms with E-state index in [1.165, 1.54) is 25.7 Å². The van der Waals surface area contributed by atoms with Crippen molar-refractivity contribution in [2.75, 3.05) is 32.5 Å². The first kappa shape index (κ1) is 17.7. The van der Waals surface area contributed by atoms with E-state index in [2.05, 4.69) is 54.4 Å². The average Bonchev–Trinajstić information content (AvgIpc) is 2.99. The molecular formula is C18H29N5. The summed E-state index contributed by atoms with van der Waals surface area (Å²) in [6.07, 6.45) is 6.69. The zero-order chi connectivity index (χ0) is 16.9. The van der Waals surface area contributed by atoms with Crippen LogP contribution in [0.1, 0.15) is 56.4 Å². The minimum Gasteiger partial charge on any atom is -0.367 e. The number of anilines is 1. The molecular weight excluding hydrogens is 286 g/mol. The van der Waals surface area contributed by atoms with Crippen molar-refractivity contribution in [3.63, 3.8) is 0 Å². The highest BCUT2D eigenvalue weighted by atomic mass is 15.2. The van der Waals surface area contributed by atoms with E-state index in [9.17, 15) is 5.26 Å². The molecule has 5 nitrogen and oxygen atoms in total. The monoisotopic (exact) mass is 315 g/mol. The predicted molar refractivity (Wildman–Crippen MR) is 93.4 cm³/mol. The molecule has 1 aromatic heterocycles. The van der Waals surface area contributed by atoms with Crippen LogP contribution in [-0.2, 0) is 12.8 Å². The molecule has 0 amide bonds. The molecule has 1 heterocycles. The van der Waals surface area contributed by atoms with Crippen LogP contribution in [0, 0.1) is 16.7 Å². The van der Waals surface area contributed by atoms with E-state index in [0.29, 0.717) is 11.4 Å². The Hall–Kier alpha value is -1.67. The lowest BCUT2D eigenvalue weighted by Gasteiger charge is -2.32. The van der Waals surface area contributed by atoms with Crippen molar-refractivity contribution >= 4 is 5.82 Å². The quantitative estimate of drug-likeness (QED) is 0.838. The zero-order valence-electron chi connectivity index (χ0n) is 14.9. The maximum atomic E-state index is 9.59. The fourth-order valence-corrected chi connectivity index (χ4v) is 3.87. The number of nitriles is 1. The Bertz CT molecular complexity index is 568. The Morgan fingerprint density at radius 1 is 1.17 bits per heavy atom. The maximum absolute atomic E-state index is 9.59. The number of hydrogen-bond acceptors (Lipinski definition) is 5. The van der Waals surface area contributed by atoms with Gasteiger partial charge in [-0.1, -0.05) is 26.7 Å². The van der Waals surface area contributed by atoms with Gasteiger partial charge in [0.25, 0.3) is 0 Å². The van der Waals surface area contributed by atoms with Crippen LogP contribution in [0.5, 0.6) is 0 Å². The highest BCUT2D eigenvalue weighted by Crippen LogP contribution is 2.38. The van der Waals surface area contributed by atoms with Crippen molar-refractivity contribution in [1.82, 2.24) is 15.1 Å². The molecule has 1 aliphatic carbocycles. The number of nitrogens with one attached hydrogen (secondary N) is 1. The number of hydrogen-bond donors (Lipinski definition) is 1. The summed E-state index contributed by atoms with van der Waals surface area (Å²) in [5, 5.41) is 21.7. The summed E-state index contributed by atoms with van der Waals surface area (Å²) in [5.41, 5.74) is 2.95. The molecule has 0 bridgehead atoms. The lowest BCUT2D eigenvalue weighted by atomic mass is 9.85. The van der Waals surface area contributed by atoms with E-state index in [4.69, 9.17) is 0 Å². The van der Waals surface area contributed by atoms with Crippen LogP contribution < -0.4 is 5.32 Å². The van der Waals surface area contributed by atoms with Crippen molar-refractivity contribution in [2.45, 2.75) is 52.4 Å². The summed E-state index contributed by atoms with van der Waals surface area (Å²) in [5.74, 6) is 0.659. The number of aromatic nitrogens is 2. The summed E-state index contributed by atoms with van der Waals surface area (Å²) in [4.78, 5) is 2.27. The molecule has 0 spiro atoms. The first-order valence-corrected chi connectivity index (χ1v) is 8.72. The van der Waals surface area contributed by atoms with Crippen LogP contribution in [0.4, 0.5) is 5.82 Å². The second kappa shape index (κ2) is 7.74. The summed E-state index contributed by atoms with van der Waals surface area (Å²) >= 11 is 0. The summed E-state index contributed by atoms with van der Waals surface area (Å²) < 4.78 is 0. The van der Waals surface area contributed by atoms with Crippen LogP contribution in [0.25, 0.3) is 0 Å². The Morgan fingerprint density at radius 3 is 2.39 bits per heavy atom. The van der Waals surface area contributed by atoms with Crippen LogP contribution >= 0.6 is 0 Å². The minimum atomic E-state index is 0.285. The second-order valence-electron chi connectivity index (χ2n) is 6.97. The molecule has 1 saturated carbocycles. The topological polar surface area (TPSA) is 64.8 Å². The van der Waals surface area contributed by atoms with Crippen LogP contribution in [0.15, 0.2) is 0 Å². The van der Waals surface area contributed by atoms with E-state index in [1.807, 2.05) is 0 Å². The smallest absolute Gasteiger partial charge is 0.166 e. The molecule has 0 radical (unpaired) electrons. The highest BCUT2D eigenvalue weighted by molar-refractivity contribution is 5.56. The lowest BCUT2D eigenvalue weighted by molar-refractivity contribution is 0.215. The van der Waals surface area contributed by atoms with Gasteiger partial charge in [-0.25, -0.2) is 0 Å². The molecule has 0 atom stereocenters. The third-order valence-corrected chi connectivity index (χ3v) is 4.90. The van der Waals surface area contributed by atoms with E-state index in [-0.39, 0.29) is 5.41 Å². The van der Waals surface area contributed by atoms with Crippen molar-refractivity contribution in [1.29, 1.82) is 5.26 Å². The first-order chi connectivity index (χ1) is 11.0. The molecule has 2 rings (SSSR count). The van der Waals surface area contributed by atoms with Gasteiger partial charge in [0, 0.05) is 18.5 Å². The lowest BCUT2D eigenvalue weighted by Crippen LogP contribution is -2.37. The van der Waals surface area contributed by atoms with Gasteiger partial charge in [0.15, 0.2) is 5.82 Å². The fourth-order valence-electron chi connectivity index (χ4n) is 3.87. The van der Waals surface area contributed by atoms with Gasteiger partial charge in [-0.3, -0.25) is 0 Å². The molecule has 126 valence electrons. The largest absolute Gasteiger partial charge is 0.367 e. The molecule has 0 aromatic carbocycles. The standard InChI is InChI=1S/C18H29N5/c1-5-14-15(11-19)17(22-21-16(14)6-2)20-12-18(13-23(3)4)9-7-8-10-18/h5-10,12-13H2,1-4H3,(H,20,22). The number of rotatable bonds is 7. The Morgan fingerprint density at radius 2 is 1.87 bits per heavy atom. The Balaban J connectivity index is 2.21. The van der Waals surface area contributed by atoms with Gasteiger partial charge in [0.1, 0.15) is 11.6 Å². The Labute approximate surface area is 140 Å². The molecule has 1 fully saturated rings. The van der Waals surface area contributed by atoms with Gasteiger partial charge < -0.3 is 10.2 Å². The molecule has 0 aliphatic heterocycles. The SMILES string of the molecule is CCc1nnc(NCC2(CN(C)C)CCCC2)c(C#N)c1CC. The highest BCUT2D eigenvalue weighted by Gasteiger charge is 2.34. The van der Waals surface area contributed by atoms with Gasteiger partial charge >= 0.3 is 0 Å². The number of aryl methyl sites for hydroxylation is 1. The molecule has 1 aliphatic rings. The maximum Gasteiger partial charge on any atom is 0.166 e. The van der Waals surface area contributed by atoms with E-state index >= 15 is 0 Å². The zero-order valence-corrected chi connectivity index (χ0v) is 14.9. The van der Waals surface area contributed by atoms with Crippen molar-refractivity contribution in [2.24, 2.45) is 5.41 Å². The minimum absolute atomic E-state index is 0.285. The third kappa shape index (κ3) is 4.00. The fraction of sp³-hybridized carbons (Fsp3) is 0.722. The normalized spacial score (nSPS) is 16.5. The van der Waals surface area contributed by atoms with Gasteiger partial charge in [-0.05, 0) is 45.3 Å². The van der Waals surface area contributed by atoms with Gasteiger partial charge in [-0.2, -0.15) is 10.4 Å². The summed E-state index contributed by atoms with van der Waals surface area (Å²) in [6.45, 7) is 6.07. The van der Waals surface area contributed by atoms with E-state index in [0.717, 1.165) is 37.2 Å². The Kier molecular flexibility index (Phi) is 5.95. The summed E-state index contributed by atoms with van der Waals surface area (Å²) in [7, 11) is 4.26. The van der Waals surface area contributed by atoms with Crippen molar-refractivity contribution < 1.29 is 0 Å². The van der Waals surface area contributed by atoms with Crippen molar-refractivity contribution in [3.8, 4) is 6.07 Å². The third-order valence-electron chi connectivity index (χ3n) is 4.90. The van der Waals surface area contributed by atoms with Crippen molar-refractivity contribution in [3.05, 3.63) is 16.8 Å². The second-order valence-corrected chi connectivity index (χ2v) is 6.97. The molecule has 5 heteroatoms. The van der Waals surface area contributed by atoms with Gasteiger partial charge in [-0.15, -0.1) is 5.10 Å². The molecule has 0 saturated heterocycles.